The van der Waals surface area contributed by atoms with Crippen LogP contribution in [0.3, 0.4) is 0 Å². The maximum atomic E-state index is 13.1. The monoisotopic (exact) mass is 562 g/mol. The van der Waals surface area contributed by atoms with Crippen molar-refractivity contribution in [1.82, 2.24) is 24.4 Å². The first kappa shape index (κ1) is 28.0. The number of aliphatic carboxylic acids is 1. The van der Waals surface area contributed by atoms with Gasteiger partial charge in [0.15, 0.2) is 10.8 Å². The van der Waals surface area contributed by atoms with E-state index < -0.39 is 57.5 Å². The summed E-state index contributed by atoms with van der Waals surface area (Å²) >= 11 is 0.948. The number of nitrogen functional groups attached to an aromatic ring is 1. The fraction of sp³-hybridized carbons (Fsp3) is 0.556. The van der Waals surface area contributed by atoms with E-state index in [1.807, 2.05) is 0 Å². The number of rotatable bonds is 11. The molecule has 17 nitrogen and oxygen atoms in total. The smallest absolute Gasteiger partial charge is 0.362 e. The van der Waals surface area contributed by atoms with Crippen molar-refractivity contribution in [2.24, 2.45) is 10.9 Å². The van der Waals surface area contributed by atoms with Gasteiger partial charge in [-0.1, -0.05) is 5.16 Å². The Balaban J connectivity index is 1.85. The second-order valence-corrected chi connectivity index (χ2v) is 10.7. The summed E-state index contributed by atoms with van der Waals surface area (Å²) in [6.07, 6.45) is 0. The van der Waals surface area contributed by atoms with Crippen molar-refractivity contribution in [3.8, 4) is 0 Å². The molecular formula is C18H26N8O9S2. The lowest BCUT2D eigenvalue weighted by Gasteiger charge is -2.45. The lowest BCUT2D eigenvalue weighted by atomic mass is 9.97. The highest BCUT2D eigenvalue weighted by Crippen LogP contribution is 2.26. The average Bonchev–Trinajstić information content (AvgIpc) is 3.37. The Kier molecular flexibility index (Phi) is 7.91. The number of oxime groups is 1. The number of nitrogens with zero attached hydrogens (tertiary/aromatic N) is 5. The molecule has 4 amide bonds. The number of urea groups is 1. The molecule has 2 aliphatic heterocycles. The van der Waals surface area contributed by atoms with Gasteiger partial charge in [-0.25, -0.2) is 18.9 Å². The molecule has 0 spiro atoms. The van der Waals surface area contributed by atoms with Crippen LogP contribution in [0.1, 0.15) is 19.5 Å². The SMILES string of the molecule is CC(C)(ON=C(C(=O)N[C@@H]1C(=O)N(S(=O)(=O)O)[C@@H]1CN1CCN(CCN)C1=O)c1csc(N)n1)C(=O)O. The fourth-order valence-corrected chi connectivity index (χ4v) is 4.96. The standard InChI is InChI=1S/C18H26N8O9S2/c1-18(2,15(29)30)35-23-11(9-8-36-16(20)21-9)13(27)22-12-10(26(14(12)28)37(32,33)34)7-25-6-5-24(4-3-19)17(25)31/h8,10,12H,3-7,19H2,1-2H3,(H2,20,21)(H,22,27)(H,29,30)(H,32,33,34)/t10-,12+/m1/s1. The predicted octanol–water partition coefficient (Wildman–Crippen LogP) is -2.50. The largest absolute Gasteiger partial charge is 0.478 e. The summed E-state index contributed by atoms with van der Waals surface area (Å²) in [6.45, 7) is 3.03. The third-order valence-electron chi connectivity index (χ3n) is 5.55. The van der Waals surface area contributed by atoms with Crippen LogP contribution in [-0.2, 0) is 29.5 Å². The number of nitrogens with one attached hydrogen (secondary N) is 1. The molecule has 37 heavy (non-hydrogen) atoms. The first-order valence-electron chi connectivity index (χ1n) is 10.7. The second kappa shape index (κ2) is 10.4. The van der Waals surface area contributed by atoms with Gasteiger partial charge in [0.1, 0.15) is 11.7 Å². The van der Waals surface area contributed by atoms with E-state index in [0.717, 1.165) is 11.3 Å². The fourth-order valence-electron chi connectivity index (χ4n) is 3.54. The highest BCUT2D eigenvalue weighted by Gasteiger charge is 2.55. The summed E-state index contributed by atoms with van der Waals surface area (Å²) in [4.78, 5) is 61.2. The third kappa shape index (κ3) is 5.89. The van der Waals surface area contributed by atoms with Crippen molar-refractivity contribution in [2.75, 3.05) is 38.5 Å². The maximum absolute atomic E-state index is 13.1. The lowest BCUT2D eigenvalue weighted by molar-refractivity contribution is -0.161. The molecular weight excluding hydrogens is 536 g/mol. The van der Waals surface area contributed by atoms with E-state index in [0.29, 0.717) is 6.54 Å². The van der Waals surface area contributed by atoms with Crippen LogP contribution in [0.25, 0.3) is 0 Å². The molecule has 19 heteroatoms. The van der Waals surface area contributed by atoms with Gasteiger partial charge >= 0.3 is 22.3 Å². The molecule has 0 aromatic carbocycles. The number of carbonyl (C=O) groups is 4. The number of carboxylic acids is 1. The van der Waals surface area contributed by atoms with Gasteiger partial charge in [0.25, 0.3) is 11.8 Å². The van der Waals surface area contributed by atoms with Crippen molar-refractivity contribution in [2.45, 2.75) is 31.5 Å². The molecule has 1 aromatic rings. The first-order valence-corrected chi connectivity index (χ1v) is 13.0. The number of aromatic nitrogens is 1. The normalized spacial score (nSPS) is 20.8. The molecule has 204 valence electrons. The number of thiazole rings is 1. The number of hydrogen-bond acceptors (Lipinski definition) is 12. The van der Waals surface area contributed by atoms with Gasteiger partial charge in [-0.05, 0) is 13.8 Å². The molecule has 1 aromatic heterocycles. The van der Waals surface area contributed by atoms with Crippen LogP contribution in [0, 0.1) is 0 Å². The van der Waals surface area contributed by atoms with Gasteiger partial charge in [-0.2, -0.15) is 8.42 Å². The molecule has 0 saturated carbocycles. The zero-order chi connectivity index (χ0) is 27.7. The van der Waals surface area contributed by atoms with E-state index >= 15 is 0 Å². The van der Waals surface area contributed by atoms with E-state index in [-0.39, 0.29) is 41.3 Å². The van der Waals surface area contributed by atoms with Crippen molar-refractivity contribution in [3.05, 3.63) is 11.1 Å². The number of hydrogen-bond donors (Lipinski definition) is 5. The van der Waals surface area contributed by atoms with Crippen LogP contribution >= 0.6 is 11.3 Å². The Bertz CT molecular complexity index is 1230. The lowest BCUT2D eigenvalue weighted by Crippen LogP contribution is -2.74. The van der Waals surface area contributed by atoms with Crippen LogP contribution in [0.2, 0.25) is 0 Å². The summed E-state index contributed by atoms with van der Waals surface area (Å²) in [6, 6.07) is -3.28. The highest BCUT2D eigenvalue weighted by atomic mass is 32.2. The molecule has 3 heterocycles. The minimum atomic E-state index is -5.01. The second-order valence-electron chi connectivity index (χ2n) is 8.55. The van der Waals surface area contributed by atoms with Crippen molar-refractivity contribution < 1.29 is 42.1 Å². The summed E-state index contributed by atoms with van der Waals surface area (Å²) in [5.41, 5.74) is 8.63. The first-order chi connectivity index (χ1) is 17.2. The van der Waals surface area contributed by atoms with E-state index in [1.165, 1.54) is 29.0 Å². The quantitative estimate of drug-likeness (QED) is 0.0812. The Morgan fingerprint density at radius 3 is 2.51 bits per heavy atom. The van der Waals surface area contributed by atoms with Gasteiger partial charge < -0.3 is 36.5 Å². The summed E-state index contributed by atoms with van der Waals surface area (Å²) < 4.78 is 33.3. The van der Waals surface area contributed by atoms with Crippen LogP contribution in [0.5, 0.6) is 0 Å². The molecule has 2 aliphatic rings. The van der Waals surface area contributed by atoms with Crippen molar-refractivity contribution in [1.29, 1.82) is 0 Å². The van der Waals surface area contributed by atoms with E-state index in [9.17, 15) is 37.3 Å². The van der Waals surface area contributed by atoms with Crippen LogP contribution in [0.4, 0.5) is 9.93 Å². The van der Waals surface area contributed by atoms with Crippen molar-refractivity contribution in [3.63, 3.8) is 0 Å². The van der Waals surface area contributed by atoms with E-state index in [2.05, 4.69) is 15.5 Å². The molecule has 2 saturated heterocycles. The van der Waals surface area contributed by atoms with Gasteiger partial charge in [-0.15, -0.1) is 11.3 Å². The summed E-state index contributed by atoms with van der Waals surface area (Å²) in [5.74, 6) is -3.61. The summed E-state index contributed by atoms with van der Waals surface area (Å²) in [7, 11) is -5.01. The Hall–Kier alpha value is -3.55. The predicted molar refractivity (Wildman–Crippen MR) is 128 cm³/mol. The number of β-lactam (4-membered cyclic amide) rings is 1. The molecule has 2 fully saturated rings. The minimum absolute atomic E-state index is 0.0534. The van der Waals surface area contributed by atoms with Crippen LogP contribution in [-0.4, -0.2) is 117 Å². The van der Waals surface area contributed by atoms with E-state index in [4.69, 9.17) is 16.3 Å². The summed E-state index contributed by atoms with van der Waals surface area (Å²) in [5, 5.41) is 16.6. The number of anilines is 1. The average molecular weight is 563 g/mol. The molecule has 3 rings (SSSR count). The Morgan fingerprint density at radius 1 is 1.32 bits per heavy atom. The Morgan fingerprint density at radius 2 is 1.97 bits per heavy atom. The van der Waals surface area contributed by atoms with Gasteiger partial charge in [0.05, 0.1) is 6.04 Å². The molecule has 7 N–H and O–H groups in total. The number of carboxylic acid groups (broad SMARTS) is 1. The molecule has 0 radical (unpaired) electrons. The topological polar surface area (TPSA) is 251 Å². The van der Waals surface area contributed by atoms with Gasteiger partial charge in [-0.3, -0.25) is 14.1 Å². The third-order valence-corrected chi connectivity index (χ3v) is 7.17. The van der Waals surface area contributed by atoms with Gasteiger partial charge in [0, 0.05) is 38.1 Å². The van der Waals surface area contributed by atoms with Gasteiger partial charge in [0.2, 0.25) is 5.60 Å². The van der Waals surface area contributed by atoms with Crippen LogP contribution in [0.15, 0.2) is 10.5 Å². The van der Waals surface area contributed by atoms with Crippen molar-refractivity contribution >= 4 is 56.3 Å². The maximum Gasteiger partial charge on any atom is 0.362 e. The number of carbonyl (C=O) groups excluding carboxylic acids is 3. The zero-order valence-corrected chi connectivity index (χ0v) is 21.4. The number of nitrogens with two attached hydrogens (primary N) is 2. The zero-order valence-electron chi connectivity index (χ0n) is 19.7. The Labute approximate surface area is 214 Å². The van der Waals surface area contributed by atoms with Crippen LogP contribution < -0.4 is 16.8 Å². The number of amides is 4. The minimum Gasteiger partial charge on any atom is -0.478 e. The van der Waals surface area contributed by atoms with E-state index in [1.54, 1.807) is 0 Å². The molecule has 0 aliphatic carbocycles. The molecule has 2 atom stereocenters. The molecule has 0 unspecified atom stereocenters. The molecule has 0 bridgehead atoms. The highest BCUT2D eigenvalue weighted by molar-refractivity contribution is 7.84.